The van der Waals surface area contributed by atoms with Crippen molar-refractivity contribution < 1.29 is 9.53 Å². The minimum absolute atomic E-state index is 0.0683. The topological polar surface area (TPSA) is 41.6 Å². The van der Waals surface area contributed by atoms with Gasteiger partial charge in [0.25, 0.3) is 5.91 Å². The van der Waals surface area contributed by atoms with Gasteiger partial charge in [-0.2, -0.15) is 0 Å². The van der Waals surface area contributed by atoms with Crippen LogP contribution in [0.1, 0.15) is 53.4 Å². The molecule has 1 aliphatic rings. The van der Waals surface area contributed by atoms with E-state index in [2.05, 4.69) is 36.2 Å². The SMILES string of the molecule is COc1ccc(CN2CCC(CNC(=O)c3csc(C(C)C)c3)CC2)cc1. The van der Waals surface area contributed by atoms with E-state index in [1.54, 1.807) is 18.4 Å². The second kappa shape index (κ2) is 9.38. The molecule has 5 heteroatoms. The maximum atomic E-state index is 12.4. The Balaban J connectivity index is 1.40. The zero-order valence-electron chi connectivity index (χ0n) is 16.5. The molecule has 1 aliphatic heterocycles. The Morgan fingerprint density at radius 2 is 1.96 bits per heavy atom. The number of methoxy groups -OCH3 is 1. The van der Waals surface area contributed by atoms with E-state index in [4.69, 9.17) is 4.74 Å². The van der Waals surface area contributed by atoms with Crippen molar-refractivity contribution in [3.63, 3.8) is 0 Å². The lowest BCUT2D eigenvalue weighted by Crippen LogP contribution is -2.38. The Kier molecular flexibility index (Phi) is 6.91. The third-order valence-electron chi connectivity index (χ3n) is 5.27. The molecule has 2 heterocycles. The summed E-state index contributed by atoms with van der Waals surface area (Å²) in [5, 5.41) is 5.11. The molecule has 27 heavy (non-hydrogen) atoms. The monoisotopic (exact) mass is 386 g/mol. The number of nitrogens with one attached hydrogen (secondary N) is 1. The highest BCUT2D eigenvalue weighted by Crippen LogP contribution is 2.23. The lowest BCUT2D eigenvalue weighted by Gasteiger charge is -2.32. The molecule has 0 bridgehead atoms. The van der Waals surface area contributed by atoms with E-state index in [0.717, 1.165) is 50.3 Å². The average molecular weight is 387 g/mol. The maximum Gasteiger partial charge on any atom is 0.252 e. The van der Waals surface area contributed by atoms with Crippen LogP contribution in [0, 0.1) is 5.92 Å². The van der Waals surface area contributed by atoms with Crippen molar-refractivity contribution in [3.8, 4) is 5.75 Å². The van der Waals surface area contributed by atoms with E-state index in [1.165, 1.54) is 10.4 Å². The van der Waals surface area contributed by atoms with Gasteiger partial charge >= 0.3 is 0 Å². The number of amides is 1. The summed E-state index contributed by atoms with van der Waals surface area (Å²) in [6.45, 7) is 8.25. The van der Waals surface area contributed by atoms with Crippen LogP contribution in [-0.4, -0.2) is 37.6 Å². The van der Waals surface area contributed by atoms with Crippen molar-refractivity contribution in [2.45, 2.75) is 39.2 Å². The molecule has 0 aliphatic carbocycles. The smallest absolute Gasteiger partial charge is 0.252 e. The number of carbonyl (C=O) groups excluding carboxylic acids is 1. The fraction of sp³-hybridized carbons (Fsp3) is 0.500. The van der Waals surface area contributed by atoms with Crippen LogP contribution < -0.4 is 10.1 Å². The standard InChI is InChI=1S/C22H30N2O2S/c1-16(2)21-12-19(15-27-21)22(25)23-13-17-8-10-24(11-9-17)14-18-4-6-20(26-3)7-5-18/h4-7,12,15-17H,8-11,13-14H2,1-3H3,(H,23,25). The molecule has 146 valence electrons. The first-order valence-electron chi connectivity index (χ1n) is 9.77. The first-order valence-corrected chi connectivity index (χ1v) is 10.6. The highest BCUT2D eigenvalue weighted by Gasteiger charge is 2.20. The van der Waals surface area contributed by atoms with Crippen LogP contribution in [0.25, 0.3) is 0 Å². The first-order chi connectivity index (χ1) is 13.0. The van der Waals surface area contributed by atoms with Crippen molar-refractivity contribution in [3.05, 3.63) is 51.7 Å². The molecule has 4 nitrogen and oxygen atoms in total. The van der Waals surface area contributed by atoms with Gasteiger partial charge < -0.3 is 10.1 Å². The van der Waals surface area contributed by atoms with Gasteiger partial charge in [0.05, 0.1) is 12.7 Å². The van der Waals surface area contributed by atoms with E-state index in [1.807, 2.05) is 23.6 Å². The van der Waals surface area contributed by atoms with Crippen molar-refractivity contribution in [1.82, 2.24) is 10.2 Å². The Labute approximate surface area is 166 Å². The molecule has 0 atom stereocenters. The summed E-state index contributed by atoms with van der Waals surface area (Å²) in [5.41, 5.74) is 2.13. The number of hydrogen-bond donors (Lipinski definition) is 1. The molecule has 0 radical (unpaired) electrons. The summed E-state index contributed by atoms with van der Waals surface area (Å²) < 4.78 is 5.22. The Hall–Kier alpha value is -1.85. The van der Waals surface area contributed by atoms with Gasteiger partial charge in [0.15, 0.2) is 0 Å². The molecule has 2 aromatic rings. The van der Waals surface area contributed by atoms with Crippen molar-refractivity contribution in [1.29, 1.82) is 0 Å². The summed E-state index contributed by atoms with van der Waals surface area (Å²) in [4.78, 5) is 16.1. The summed E-state index contributed by atoms with van der Waals surface area (Å²) in [6.07, 6.45) is 2.27. The molecule has 0 saturated carbocycles. The van der Waals surface area contributed by atoms with Crippen LogP contribution in [0.15, 0.2) is 35.7 Å². The first kappa shape index (κ1) is 19.9. The normalized spacial score (nSPS) is 15.9. The number of nitrogens with zero attached hydrogens (tertiary/aromatic N) is 1. The predicted octanol–water partition coefficient (Wildman–Crippen LogP) is 4.52. The summed E-state index contributed by atoms with van der Waals surface area (Å²) in [6, 6.07) is 10.3. The van der Waals surface area contributed by atoms with Crippen molar-refractivity contribution in [2.24, 2.45) is 5.92 Å². The van der Waals surface area contributed by atoms with Gasteiger partial charge in [0.1, 0.15) is 5.75 Å². The predicted molar refractivity (Wildman–Crippen MR) is 112 cm³/mol. The molecule has 1 amide bonds. The number of benzene rings is 1. The minimum Gasteiger partial charge on any atom is -0.497 e. The van der Waals surface area contributed by atoms with Crippen molar-refractivity contribution in [2.75, 3.05) is 26.7 Å². The van der Waals surface area contributed by atoms with Crippen molar-refractivity contribution >= 4 is 17.2 Å². The second-order valence-electron chi connectivity index (χ2n) is 7.67. The van der Waals surface area contributed by atoms with Gasteiger partial charge in [-0.05, 0) is 61.5 Å². The van der Waals surface area contributed by atoms with Gasteiger partial charge in [0, 0.05) is 23.3 Å². The van der Waals surface area contributed by atoms with E-state index in [0.29, 0.717) is 11.8 Å². The number of rotatable bonds is 7. The Bertz CT molecular complexity index is 731. The minimum atomic E-state index is 0.0683. The molecule has 1 aromatic carbocycles. The molecule has 1 fully saturated rings. The summed E-state index contributed by atoms with van der Waals surface area (Å²) in [7, 11) is 1.69. The summed E-state index contributed by atoms with van der Waals surface area (Å²) in [5.74, 6) is 2.02. The molecule has 1 saturated heterocycles. The molecule has 0 unspecified atom stereocenters. The largest absolute Gasteiger partial charge is 0.497 e. The fourth-order valence-corrected chi connectivity index (χ4v) is 4.36. The third kappa shape index (κ3) is 5.56. The molecule has 1 N–H and O–H groups in total. The summed E-state index contributed by atoms with van der Waals surface area (Å²) >= 11 is 1.68. The zero-order valence-corrected chi connectivity index (χ0v) is 17.3. The highest BCUT2D eigenvalue weighted by molar-refractivity contribution is 7.10. The van der Waals surface area contributed by atoms with E-state index >= 15 is 0 Å². The zero-order chi connectivity index (χ0) is 19.2. The molecule has 3 rings (SSSR count). The van der Waals surface area contributed by atoms with Gasteiger partial charge in [0.2, 0.25) is 0 Å². The lowest BCUT2D eigenvalue weighted by atomic mass is 9.96. The Morgan fingerprint density at radius 1 is 1.26 bits per heavy atom. The number of ether oxygens (including phenoxy) is 1. The van der Waals surface area contributed by atoms with E-state index in [9.17, 15) is 4.79 Å². The van der Waals surface area contributed by atoms with E-state index < -0.39 is 0 Å². The molecular weight excluding hydrogens is 356 g/mol. The third-order valence-corrected chi connectivity index (χ3v) is 6.51. The van der Waals surface area contributed by atoms with Crippen LogP contribution in [0.4, 0.5) is 0 Å². The highest BCUT2D eigenvalue weighted by atomic mass is 32.1. The second-order valence-corrected chi connectivity index (χ2v) is 8.61. The van der Waals surface area contributed by atoms with Gasteiger partial charge in [-0.3, -0.25) is 9.69 Å². The van der Waals surface area contributed by atoms with E-state index in [-0.39, 0.29) is 5.91 Å². The quantitative estimate of drug-likeness (QED) is 0.760. The molecule has 1 aromatic heterocycles. The number of thiophene rings is 1. The number of piperidine rings is 1. The molecule has 0 spiro atoms. The lowest BCUT2D eigenvalue weighted by molar-refractivity contribution is 0.0935. The van der Waals surface area contributed by atoms with Crippen LogP contribution in [0.5, 0.6) is 5.75 Å². The van der Waals surface area contributed by atoms with Gasteiger partial charge in [-0.1, -0.05) is 26.0 Å². The number of likely N-dealkylation sites (tertiary alicyclic amines) is 1. The molecular formula is C22H30N2O2S. The van der Waals surface area contributed by atoms with Gasteiger partial charge in [-0.15, -0.1) is 11.3 Å². The van der Waals surface area contributed by atoms with Crippen LogP contribution in [-0.2, 0) is 6.54 Å². The Morgan fingerprint density at radius 3 is 2.56 bits per heavy atom. The van der Waals surface area contributed by atoms with Crippen LogP contribution in [0.3, 0.4) is 0 Å². The maximum absolute atomic E-state index is 12.4. The number of hydrogen-bond acceptors (Lipinski definition) is 4. The van der Waals surface area contributed by atoms with Crippen LogP contribution >= 0.6 is 11.3 Å². The number of carbonyl (C=O) groups is 1. The van der Waals surface area contributed by atoms with Crippen LogP contribution in [0.2, 0.25) is 0 Å². The van der Waals surface area contributed by atoms with Gasteiger partial charge in [-0.25, -0.2) is 0 Å². The fourth-order valence-electron chi connectivity index (χ4n) is 3.45. The average Bonchev–Trinajstić information content (AvgIpc) is 3.18.